The molecule has 0 amide bonds. The van der Waals surface area contributed by atoms with Crippen LogP contribution >= 0.6 is 0 Å². The summed E-state index contributed by atoms with van der Waals surface area (Å²) in [7, 11) is 1.37. The Morgan fingerprint density at radius 3 is 2.68 bits per heavy atom. The van der Waals surface area contributed by atoms with E-state index in [0.29, 0.717) is 5.70 Å². The Morgan fingerprint density at radius 1 is 1.32 bits per heavy atom. The quantitative estimate of drug-likeness (QED) is 0.354. The molecule has 0 aliphatic carbocycles. The number of nitro benzene ring substituents is 1. The van der Waals surface area contributed by atoms with Crippen molar-refractivity contribution >= 4 is 17.4 Å². The summed E-state index contributed by atoms with van der Waals surface area (Å²) in [5, 5.41) is 14.5. The van der Waals surface area contributed by atoms with Crippen molar-refractivity contribution in [3.63, 3.8) is 0 Å². The molecule has 1 unspecified atom stereocenters. The van der Waals surface area contributed by atoms with Crippen LogP contribution in [0.25, 0.3) is 0 Å². The van der Waals surface area contributed by atoms with E-state index in [1.165, 1.54) is 31.6 Å². The van der Waals surface area contributed by atoms with Crippen molar-refractivity contribution < 1.29 is 23.7 Å². The molecule has 8 heteroatoms. The molecule has 142 valence electrons. The van der Waals surface area contributed by atoms with Gasteiger partial charge in [0, 0.05) is 29.0 Å². The highest BCUT2D eigenvalue weighted by molar-refractivity contribution is 6.09. The lowest BCUT2D eigenvalue weighted by Crippen LogP contribution is -2.29. The number of rotatable bonds is 6. The van der Waals surface area contributed by atoms with E-state index in [9.17, 15) is 19.7 Å². The Balaban J connectivity index is 2.29. The van der Waals surface area contributed by atoms with Crippen molar-refractivity contribution in [2.24, 2.45) is 0 Å². The second-order valence-electron chi connectivity index (χ2n) is 5.96. The summed E-state index contributed by atoms with van der Waals surface area (Å²) in [4.78, 5) is 35.2. The van der Waals surface area contributed by atoms with E-state index >= 15 is 0 Å². The number of allylic oxidation sites excluding steroid dienone is 3. The summed E-state index contributed by atoms with van der Waals surface area (Å²) >= 11 is 0. The molecule has 1 aromatic heterocycles. The van der Waals surface area contributed by atoms with Gasteiger partial charge in [0.05, 0.1) is 29.9 Å². The second-order valence-corrected chi connectivity index (χ2v) is 5.96. The first-order valence-corrected chi connectivity index (χ1v) is 8.28. The maximum absolute atomic E-state index is 13.1. The van der Waals surface area contributed by atoms with Crippen LogP contribution in [0.15, 0.2) is 75.9 Å². The van der Waals surface area contributed by atoms with Crippen LogP contribution in [-0.2, 0) is 9.53 Å². The van der Waals surface area contributed by atoms with Crippen molar-refractivity contribution in [1.82, 2.24) is 5.32 Å². The summed E-state index contributed by atoms with van der Waals surface area (Å²) in [6, 6.07) is 9.16. The predicted molar refractivity (Wildman–Crippen MR) is 99.0 cm³/mol. The molecule has 3 rings (SSSR count). The highest BCUT2D eigenvalue weighted by atomic mass is 16.6. The largest absolute Gasteiger partial charge is 0.498 e. The molecule has 2 heterocycles. The molecule has 2 aromatic rings. The summed E-state index contributed by atoms with van der Waals surface area (Å²) in [5.74, 6) is 0.594. The molecule has 1 N–H and O–H groups in total. The third-order valence-corrected chi connectivity index (χ3v) is 4.40. The van der Waals surface area contributed by atoms with E-state index in [-0.39, 0.29) is 34.0 Å². The molecule has 1 atom stereocenters. The van der Waals surface area contributed by atoms with E-state index in [1.807, 2.05) is 0 Å². The topological polar surface area (TPSA) is 112 Å². The molecule has 0 saturated carbocycles. The van der Waals surface area contributed by atoms with Gasteiger partial charge >= 0.3 is 0 Å². The lowest BCUT2D eigenvalue weighted by Gasteiger charge is -2.30. The minimum Gasteiger partial charge on any atom is -0.498 e. The van der Waals surface area contributed by atoms with Crippen molar-refractivity contribution in [1.29, 1.82) is 0 Å². The number of carbonyl (C=O) groups excluding carboxylic acids is 2. The number of para-hydroxylation sites is 1. The fraction of sp³-hybridized carbons (Fsp3) is 0.150. The maximum atomic E-state index is 13.1. The zero-order valence-electron chi connectivity index (χ0n) is 15.1. The van der Waals surface area contributed by atoms with Crippen molar-refractivity contribution in [2.75, 3.05) is 7.11 Å². The van der Waals surface area contributed by atoms with Gasteiger partial charge in [-0.05, 0) is 19.1 Å². The molecule has 8 nitrogen and oxygen atoms in total. The minimum absolute atomic E-state index is 0.0876. The van der Waals surface area contributed by atoms with E-state index in [0.717, 1.165) is 6.08 Å². The molecule has 28 heavy (non-hydrogen) atoms. The molecule has 0 saturated heterocycles. The number of carbonyl (C=O) groups is 1. The highest BCUT2D eigenvalue weighted by Gasteiger charge is 2.39. The summed E-state index contributed by atoms with van der Waals surface area (Å²) in [6.07, 6.45) is 2.49. The van der Waals surface area contributed by atoms with Gasteiger partial charge in [-0.15, -0.1) is 0 Å². The first-order chi connectivity index (χ1) is 13.5. The fourth-order valence-corrected chi connectivity index (χ4v) is 3.26. The number of Topliss-reactive ketones (excluding diaryl/α,β-unsaturated/α-hetero) is 1. The first kappa shape index (κ1) is 18.9. The second kappa shape index (κ2) is 7.77. The smallest absolute Gasteiger partial charge is 0.273 e. The summed E-state index contributed by atoms with van der Waals surface area (Å²) < 4.78 is 10.7. The molecule has 1 aliphatic heterocycles. The lowest BCUT2D eigenvalue weighted by molar-refractivity contribution is -0.385. The van der Waals surface area contributed by atoms with Crippen molar-refractivity contribution in [3.8, 4) is 0 Å². The van der Waals surface area contributed by atoms with Gasteiger partial charge in [0.15, 0.2) is 5.76 Å². The van der Waals surface area contributed by atoms with Gasteiger partial charge < -0.3 is 14.5 Å². The molecule has 0 radical (unpaired) electrons. The summed E-state index contributed by atoms with van der Waals surface area (Å²) in [5.41, 5.74) is 1.01. The van der Waals surface area contributed by atoms with Gasteiger partial charge in [0.2, 0.25) is 5.78 Å². The number of hydrogen-bond donors (Lipinski definition) is 1. The standard InChI is InChI=1S/C20H16N2O6/c1-12-17(19(24)16-8-5-11-28-16)18(20(27-2)14(21-12)9-10-23)13-6-3-4-7-15(13)22(25)26/h3-9,11,18,21H,1-2H3. The van der Waals surface area contributed by atoms with Crippen LogP contribution in [0.4, 0.5) is 5.69 Å². The predicted octanol–water partition coefficient (Wildman–Crippen LogP) is 3.28. The number of benzene rings is 1. The molecule has 1 aliphatic rings. The van der Waals surface area contributed by atoms with Gasteiger partial charge in [-0.25, -0.2) is 4.79 Å². The Morgan fingerprint density at radius 2 is 2.07 bits per heavy atom. The van der Waals surface area contributed by atoms with E-state index in [1.54, 1.807) is 31.1 Å². The number of hydrogen-bond acceptors (Lipinski definition) is 7. The minimum atomic E-state index is -0.912. The Kier molecular flexibility index (Phi) is 5.24. The number of ketones is 1. The molecular formula is C20H16N2O6. The number of ether oxygens (including phenoxy) is 1. The lowest BCUT2D eigenvalue weighted by atomic mass is 9.81. The molecule has 0 fully saturated rings. The molecule has 0 bridgehead atoms. The average molecular weight is 380 g/mol. The van der Waals surface area contributed by atoms with Crippen LogP contribution in [-0.4, -0.2) is 23.8 Å². The monoisotopic (exact) mass is 380 g/mol. The third kappa shape index (κ3) is 3.24. The third-order valence-electron chi connectivity index (χ3n) is 4.40. The Bertz CT molecular complexity index is 1040. The fourth-order valence-electron chi connectivity index (χ4n) is 3.26. The van der Waals surface area contributed by atoms with Gasteiger partial charge in [-0.3, -0.25) is 14.9 Å². The Labute approximate surface area is 159 Å². The molecular weight excluding hydrogens is 364 g/mol. The zero-order valence-corrected chi connectivity index (χ0v) is 15.1. The van der Waals surface area contributed by atoms with Crippen LogP contribution in [0.5, 0.6) is 0 Å². The number of methoxy groups -OCH3 is 1. The average Bonchev–Trinajstić information content (AvgIpc) is 3.22. The van der Waals surface area contributed by atoms with Gasteiger partial charge in [0.25, 0.3) is 5.69 Å². The van der Waals surface area contributed by atoms with Gasteiger partial charge in [0.1, 0.15) is 11.7 Å². The number of nitro groups is 1. The van der Waals surface area contributed by atoms with Crippen molar-refractivity contribution in [3.05, 3.63) is 92.9 Å². The first-order valence-electron chi connectivity index (χ1n) is 8.28. The van der Waals surface area contributed by atoms with Gasteiger partial charge in [-0.1, -0.05) is 18.2 Å². The van der Waals surface area contributed by atoms with E-state index in [4.69, 9.17) is 9.15 Å². The van der Waals surface area contributed by atoms with Crippen molar-refractivity contribution in [2.45, 2.75) is 12.8 Å². The van der Waals surface area contributed by atoms with Gasteiger partial charge in [-0.2, -0.15) is 0 Å². The number of nitrogens with one attached hydrogen (secondary N) is 1. The van der Waals surface area contributed by atoms with Crippen LogP contribution < -0.4 is 5.32 Å². The zero-order chi connectivity index (χ0) is 20.3. The van der Waals surface area contributed by atoms with Crippen LogP contribution in [0.3, 0.4) is 0 Å². The SMILES string of the molecule is COC1=C(C=C=O)NC(C)=C(C(=O)c2ccco2)C1c1ccccc1[N+](=O)[O-]. The van der Waals surface area contributed by atoms with Crippen LogP contribution in [0.1, 0.15) is 29.0 Å². The summed E-state index contributed by atoms with van der Waals surface area (Å²) in [6.45, 7) is 1.64. The highest BCUT2D eigenvalue weighted by Crippen LogP contribution is 2.43. The molecule has 1 aromatic carbocycles. The number of nitrogens with zero attached hydrogens (tertiary/aromatic N) is 1. The van der Waals surface area contributed by atoms with E-state index in [2.05, 4.69) is 5.32 Å². The van der Waals surface area contributed by atoms with E-state index < -0.39 is 16.6 Å². The maximum Gasteiger partial charge on any atom is 0.273 e. The number of dihydropyridines is 1. The Hall–Kier alpha value is -3.90. The van der Waals surface area contributed by atoms with Crippen LogP contribution in [0.2, 0.25) is 0 Å². The normalized spacial score (nSPS) is 16.3. The molecule has 0 spiro atoms. The van der Waals surface area contributed by atoms with Crippen LogP contribution in [0, 0.1) is 10.1 Å². The number of furan rings is 1.